The highest BCUT2D eigenvalue weighted by Gasteiger charge is 2.32. The Hall–Kier alpha value is -3.47. The SMILES string of the molecule is CN1C(=O)[C@@H](NC(=O)c2ncn(Cc3ccccc3)n2)CSc2cc(N3CC[C@H](CF)C3)ncc21. The van der Waals surface area contributed by atoms with Crippen LogP contribution in [-0.4, -0.2) is 70.2 Å². The minimum Gasteiger partial charge on any atom is -0.356 e. The second-order valence-corrected chi connectivity index (χ2v) is 9.81. The normalized spacial score (nSPS) is 20.0. The number of carbonyl (C=O) groups is 2. The van der Waals surface area contributed by atoms with Gasteiger partial charge in [0.2, 0.25) is 11.7 Å². The van der Waals surface area contributed by atoms with Crippen molar-refractivity contribution in [1.29, 1.82) is 0 Å². The summed E-state index contributed by atoms with van der Waals surface area (Å²) in [7, 11) is 1.68. The minimum absolute atomic E-state index is 0.0172. The van der Waals surface area contributed by atoms with Crippen molar-refractivity contribution in [3.05, 3.63) is 60.3 Å². The van der Waals surface area contributed by atoms with Gasteiger partial charge in [0, 0.05) is 36.7 Å². The number of hydrogen-bond donors (Lipinski definition) is 1. The van der Waals surface area contributed by atoms with Crippen LogP contribution in [0.25, 0.3) is 0 Å². The number of likely N-dealkylation sites (N-methyl/N-ethyl adjacent to an activating group) is 1. The van der Waals surface area contributed by atoms with Gasteiger partial charge in [-0.05, 0) is 18.1 Å². The van der Waals surface area contributed by atoms with Crippen molar-refractivity contribution < 1.29 is 14.0 Å². The maximum atomic E-state index is 13.1. The number of carbonyl (C=O) groups excluding carboxylic acids is 2. The molecule has 35 heavy (non-hydrogen) atoms. The zero-order chi connectivity index (χ0) is 24.4. The number of anilines is 2. The number of pyridine rings is 1. The zero-order valence-electron chi connectivity index (χ0n) is 19.3. The van der Waals surface area contributed by atoms with E-state index in [1.54, 1.807) is 17.9 Å². The lowest BCUT2D eigenvalue weighted by Crippen LogP contribution is -2.48. The van der Waals surface area contributed by atoms with Crippen LogP contribution in [0.15, 0.2) is 53.8 Å². The lowest BCUT2D eigenvalue weighted by Gasteiger charge is -2.22. The fraction of sp³-hybridized carbons (Fsp3) is 0.375. The summed E-state index contributed by atoms with van der Waals surface area (Å²) < 4.78 is 14.6. The molecule has 0 radical (unpaired) electrons. The van der Waals surface area contributed by atoms with Gasteiger partial charge in [-0.15, -0.1) is 16.9 Å². The molecule has 0 saturated carbocycles. The van der Waals surface area contributed by atoms with Crippen LogP contribution in [0.1, 0.15) is 22.6 Å². The number of alkyl halides is 1. The van der Waals surface area contributed by atoms with Crippen molar-refractivity contribution in [3.8, 4) is 0 Å². The first-order valence-electron chi connectivity index (χ1n) is 11.5. The summed E-state index contributed by atoms with van der Waals surface area (Å²) >= 11 is 1.48. The topological polar surface area (TPSA) is 96.2 Å². The summed E-state index contributed by atoms with van der Waals surface area (Å²) in [5, 5.41) is 7.06. The van der Waals surface area contributed by atoms with Crippen LogP contribution in [0.3, 0.4) is 0 Å². The standard InChI is InChI=1S/C24H26FN7O2S/c1-30-19-11-26-21(31-8-7-17(10-25)12-31)9-20(19)35-14-18(24(30)34)28-23(33)22-27-15-32(29-22)13-16-5-3-2-4-6-16/h2-6,9,11,15,17-18H,7-8,10,12-14H2,1H3,(H,28,33)/t17-,18+/m1/s1. The largest absolute Gasteiger partial charge is 0.356 e. The van der Waals surface area contributed by atoms with Crippen molar-refractivity contribution in [3.63, 3.8) is 0 Å². The van der Waals surface area contributed by atoms with Gasteiger partial charge in [0.15, 0.2) is 0 Å². The number of aromatic nitrogens is 4. The number of nitrogens with zero attached hydrogens (tertiary/aromatic N) is 6. The fourth-order valence-electron chi connectivity index (χ4n) is 4.29. The highest BCUT2D eigenvalue weighted by atomic mass is 32.2. The smallest absolute Gasteiger partial charge is 0.291 e. The van der Waals surface area contributed by atoms with Gasteiger partial charge >= 0.3 is 0 Å². The Morgan fingerprint density at radius 2 is 2.09 bits per heavy atom. The molecule has 9 nitrogen and oxygen atoms in total. The molecule has 5 rings (SSSR count). The van der Waals surface area contributed by atoms with Crippen molar-refractivity contribution in [1.82, 2.24) is 25.1 Å². The molecule has 2 amide bonds. The first-order chi connectivity index (χ1) is 17.0. The van der Waals surface area contributed by atoms with Crippen LogP contribution in [0.4, 0.5) is 15.9 Å². The summed E-state index contributed by atoms with van der Waals surface area (Å²) in [6.07, 6.45) is 3.99. The quantitative estimate of drug-likeness (QED) is 0.561. The highest BCUT2D eigenvalue weighted by Crippen LogP contribution is 2.36. The average molecular weight is 496 g/mol. The van der Waals surface area contributed by atoms with Gasteiger partial charge in [-0.3, -0.25) is 14.0 Å². The zero-order valence-corrected chi connectivity index (χ0v) is 20.1. The average Bonchev–Trinajstić information content (AvgIpc) is 3.54. The third kappa shape index (κ3) is 5.00. The first-order valence-corrected chi connectivity index (χ1v) is 12.5. The van der Waals surface area contributed by atoms with Gasteiger partial charge < -0.3 is 15.1 Å². The molecule has 2 aromatic heterocycles. The van der Waals surface area contributed by atoms with E-state index in [9.17, 15) is 14.0 Å². The molecule has 0 spiro atoms. The summed E-state index contributed by atoms with van der Waals surface area (Å²) in [6, 6.07) is 11.0. The van der Waals surface area contributed by atoms with Crippen molar-refractivity contribution in [2.45, 2.75) is 23.9 Å². The second-order valence-electron chi connectivity index (χ2n) is 8.75. The molecule has 0 unspecified atom stereocenters. The number of benzene rings is 1. The molecule has 2 atom stereocenters. The molecule has 1 fully saturated rings. The van der Waals surface area contributed by atoms with Gasteiger partial charge in [0.25, 0.3) is 5.91 Å². The first kappa shape index (κ1) is 23.3. The molecule has 4 heterocycles. The lowest BCUT2D eigenvalue weighted by atomic mass is 10.1. The van der Waals surface area contributed by atoms with Crippen LogP contribution in [0.2, 0.25) is 0 Å². The molecule has 182 valence electrons. The molecule has 0 aliphatic carbocycles. The molecule has 2 aliphatic rings. The maximum Gasteiger partial charge on any atom is 0.291 e. The molecule has 1 saturated heterocycles. The van der Waals surface area contributed by atoms with Crippen molar-refractivity contribution in [2.75, 3.05) is 42.4 Å². The highest BCUT2D eigenvalue weighted by molar-refractivity contribution is 7.99. The van der Waals surface area contributed by atoms with E-state index in [0.717, 1.165) is 29.2 Å². The van der Waals surface area contributed by atoms with E-state index < -0.39 is 11.9 Å². The minimum atomic E-state index is -0.739. The Bertz CT molecular complexity index is 1220. The van der Waals surface area contributed by atoms with E-state index >= 15 is 0 Å². The van der Waals surface area contributed by atoms with Crippen LogP contribution in [0, 0.1) is 5.92 Å². The predicted octanol–water partition coefficient (Wildman–Crippen LogP) is 2.38. The molecular weight excluding hydrogens is 469 g/mol. The molecule has 1 N–H and O–H groups in total. The molecular formula is C24H26FN7O2S. The van der Waals surface area contributed by atoms with Crippen LogP contribution >= 0.6 is 11.8 Å². The van der Waals surface area contributed by atoms with Crippen molar-refractivity contribution >= 4 is 35.1 Å². The van der Waals surface area contributed by atoms with Gasteiger partial charge in [0.1, 0.15) is 18.2 Å². The predicted molar refractivity (Wildman–Crippen MR) is 131 cm³/mol. The number of nitrogens with one attached hydrogen (secondary N) is 1. The Kier molecular flexibility index (Phi) is 6.67. The van der Waals surface area contributed by atoms with Crippen LogP contribution < -0.4 is 15.1 Å². The van der Waals surface area contributed by atoms with Crippen LogP contribution in [-0.2, 0) is 11.3 Å². The molecule has 3 aromatic rings. The van der Waals surface area contributed by atoms with E-state index in [0.29, 0.717) is 24.5 Å². The number of halogens is 1. The second kappa shape index (κ2) is 10.0. The molecule has 1 aromatic carbocycles. The monoisotopic (exact) mass is 495 g/mol. The number of fused-ring (bicyclic) bond motifs is 1. The van der Waals surface area contributed by atoms with Crippen molar-refractivity contribution in [2.24, 2.45) is 5.92 Å². The molecule has 11 heteroatoms. The van der Waals surface area contributed by atoms with E-state index in [1.165, 1.54) is 23.0 Å². The molecule has 0 bridgehead atoms. The summed E-state index contributed by atoms with van der Waals surface area (Å²) in [4.78, 5) is 39.1. The summed E-state index contributed by atoms with van der Waals surface area (Å²) in [5.74, 6) is 0.470. The summed E-state index contributed by atoms with van der Waals surface area (Å²) in [5.41, 5.74) is 1.73. The third-order valence-electron chi connectivity index (χ3n) is 6.29. The Morgan fingerprint density at radius 3 is 2.86 bits per heavy atom. The lowest BCUT2D eigenvalue weighted by molar-refractivity contribution is -0.119. The maximum absolute atomic E-state index is 13.1. The number of hydrogen-bond acceptors (Lipinski definition) is 7. The Balaban J connectivity index is 1.26. The van der Waals surface area contributed by atoms with E-state index in [-0.39, 0.29) is 24.3 Å². The van der Waals surface area contributed by atoms with Gasteiger partial charge in [-0.2, -0.15) is 0 Å². The van der Waals surface area contributed by atoms with Gasteiger partial charge in [-0.1, -0.05) is 30.3 Å². The molecule has 2 aliphatic heterocycles. The third-order valence-corrected chi connectivity index (χ3v) is 7.43. The summed E-state index contributed by atoms with van der Waals surface area (Å²) in [6.45, 7) is 1.58. The van der Waals surface area contributed by atoms with E-state index in [2.05, 4.69) is 25.3 Å². The van der Waals surface area contributed by atoms with Gasteiger partial charge in [0.05, 0.1) is 25.1 Å². The number of rotatable bonds is 6. The van der Waals surface area contributed by atoms with Gasteiger partial charge in [-0.25, -0.2) is 14.6 Å². The van der Waals surface area contributed by atoms with E-state index in [4.69, 9.17) is 0 Å². The Morgan fingerprint density at radius 1 is 1.26 bits per heavy atom. The van der Waals surface area contributed by atoms with Crippen LogP contribution in [0.5, 0.6) is 0 Å². The fourth-order valence-corrected chi connectivity index (χ4v) is 5.39. The number of thioether (sulfide) groups is 1. The van der Waals surface area contributed by atoms with E-state index in [1.807, 2.05) is 36.4 Å². The Labute approximate surface area is 206 Å². The number of amides is 2.